The number of anilines is 1. The second-order valence-electron chi connectivity index (χ2n) is 7.11. The molecule has 0 heterocycles. The van der Waals surface area contributed by atoms with Gasteiger partial charge in [-0.25, -0.2) is 4.79 Å². The largest absolute Gasteiger partial charge is 0.490 e. The fourth-order valence-corrected chi connectivity index (χ4v) is 2.66. The molecular weight excluding hydrogens is 358 g/mol. The Hall–Kier alpha value is -2.08. The summed E-state index contributed by atoms with van der Waals surface area (Å²) in [5.41, 5.74) is -0.126. The number of hydrogen-bond donors (Lipinski definition) is 1. The van der Waals surface area contributed by atoms with Crippen LogP contribution in [-0.2, 0) is 14.3 Å². The minimum atomic E-state index is -0.925. The monoisotopic (exact) mass is 393 g/mol. The lowest BCUT2D eigenvalue weighted by molar-refractivity contribution is -0.136. The summed E-state index contributed by atoms with van der Waals surface area (Å²) >= 11 is 0. The number of carbonyl (C=O) groups excluding carboxylic acids is 2. The van der Waals surface area contributed by atoms with Gasteiger partial charge in [-0.3, -0.25) is 4.79 Å². The van der Waals surface area contributed by atoms with E-state index in [9.17, 15) is 9.59 Å². The summed E-state index contributed by atoms with van der Waals surface area (Å²) in [5, 5.41) is 2.87. The van der Waals surface area contributed by atoms with Crippen LogP contribution in [0.25, 0.3) is 0 Å². The van der Waals surface area contributed by atoms with E-state index in [1.165, 1.54) is 0 Å². The molecule has 0 bridgehead atoms. The van der Waals surface area contributed by atoms with Crippen LogP contribution < -0.4 is 10.1 Å². The number of carbonyl (C=O) groups is 2. The van der Waals surface area contributed by atoms with Gasteiger partial charge in [0.05, 0.1) is 12.7 Å². The minimum Gasteiger partial charge on any atom is -0.490 e. The molecule has 6 nitrogen and oxygen atoms in total. The van der Waals surface area contributed by atoms with E-state index in [0.717, 1.165) is 25.7 Å². The molecule has 0 saturated heterocycles. The third-order valence-corrected chi connectivity index (χ3v) is 4.82. The average molecular weight is 394 g/mol. The molecule has 0 unspecified atom stereocenters. The van der Waals surface area contributed by atoms with Gasteiger partial charge in [0, 0.05) is 12.8 Å². The Labute approximate surface area is 168 Å². The van der Waals surface area contributed by atoms with Crippen molar-refractivity contribution in [3.63, 3.8) is 0 Å². The Morgan fingerprint density at radius 1 is 1.18 bits per heavy atom. The fourth-order valence-electron chi connectivity index (χ4n) is 2.66. The fraction of sp³-hybridized carbons (Fsp3) is 0.636. The van der Waals surface area contributed by atoms with Crippen molar-refractivity contribution in [2.24, 2.45) is 0 Å². The molecule has 0 saturated carbocycles. The van der Waals surface area contributed by atoms with Gasteiger partial charge in [0.15, 0.2) is 0 Å². The summed E-state index contributed by atoms with van der Waals surface area (Å²) in [5.74, 6) is -0.269. The molecule has 0 aliphatic rings. The molecule has 0 aliphatic heterocycles. The van der Waals surface area contributed by atoms with E-state index in [1.54, 1.807) is 39.2 Å². The maximum Gasteiger partial charge on any atom is 0.341 e. The van der Waals surface area contributed by atoms with Crippen LogP contribution in [-0.4, -0.2) is 37.3 Å². The third-order valence-electron chi connectivity index (χ3n) is 4.82. The second kappa shape index (κ2) is 11.7. The Morgan fingerprint density at radius 2 is 1.89 bits per heavy atom. The number of methoxy groups -OCH3 is 1. The summed E-state index contributed by atoms with van der Waals surface area (Å²) < 4.78 is 16.5. The summed E-state index contributed by atoms with van der Waals surface area (Å²) in [7, 11) is 1.54. The van der Waals surface area contributed by atoms with Crippen LogP contribution in [0, 0.1) is 0 Å². The summed E-state index contributed by atoms with van der Waals surface area (Å²) in [6.07, 6.45) is 4.42. The van der Waals surface area contributed by atoms with Gasteiger partial charge in [0.2, 0.25) is 0 Å². The van der Waals surface area contributed by atoms with E-state index in [4.69, 9.17) is 14.2 Å². The molecule has 0 spiro atoms. The van der Waals surface area contributed by atoms with E-state index >= 15 is 0 Å². The smallest absolute Gasteiger partial charge is 0.341 e. The minimum absolute atomic E-state index is 0.0380. The van der Waals surface area contributed by atoms with Crippen LogP contribution in [0.1, 0.15) is 77.1 Å². The molecule has 6 heteroatoms. The van der Waals surface area contributed by atoms with E-state index in [0.29, 0.717) is 23.4 Å². The lowest BCUT2D eigenvalue weighted by atomic mass is 9.96. The van der Waals surface area contributed by atoms with Crippen LogP contribution in [0.15, 0.2) is 18.2 Å². The van der Waals surface area contributed by atoms with Gasteiger partial charge in [-0.15, -0.1) is 0 Å². The van der Waals surface area contributed by atoms with Crippen molar-refractivity contribution in [3.05, 3.63) is 23.8 Å². The number of ether oxygens (including phenoxy) is 3. The molecule has 0 aromatic heterocycles. The zero-order valence-electron chi connectivity index (χ0n) is 18.1. The molecule has 0 fully saturated rings. The topological polar surface area (TPSA) is 73.9 Å². The number of unbranched alkanes of at least 4 members (excludes halogenated alkanes) is 2. The Bertz CT molecular complexity index is 646. The predicted octanol–water partition coefficient (Wildman–Crippen LogP) is 4.96. The molecule has 1 rings (SSSR count). The van der Waals surface area contributed by atoms with Crippen molar-refractivity contribution < 1.29 is 23.8 Å². The summed E-state index contributed by atoms with van der Waals surface area (Å²) in [6, 6.07) is 5.01. The third kappa shape index (κ3) is 6.82. The lowest BCUT2D eigenvalue weighted by Crippen LogP contribution is -2.42. The highest BCUT2D eigenvalue weighted by molar-refractivity contribution is 5.99. The maximum absolute atomic E-state index is 12.8. The van der Waals surface area contributed by atoms with Crippen LogP contribution in [0.4, 0.5) is 5.69 Å². The molecular formula is C22H35NO5. The molecule has 2 atom stereocenters. The zero-order valence-corrected chi connectivity index (χ0v) is 18.1. The average Bonchev–Trinajstić information content (AvgIpc) is 2.69. The van der Waals surface area contributed by atoms with Crippen molar-refractivity contribution in [2.75, 3.05) is 19.0 Å². The number of rotatable bonds is 12. The van der Waals surface area contributed by atoms with Crippen molar-refractivity contribution in [2.45, 2.75) is 78.4 Å². The maximum atomic E-state index is 12.8. The number of esters is 1. The van der Waals surface area contributed by atoms with Crippen LogP contribution in [0.2, 0.25) is 0 Å². The normalized spacial score (nSPS) is 14.1. The van der Waals surface area contributed by atoms with Crippen LogP contribution in [0.5, 0.6) is 5.75 Å². The summed E-state index contributed by atoms with van der Waals surface area (Å²) in [4.78, 5) is 25.2. The highest BCUT2D eigenvalue weighted by Gasteiger charge is 2.32. The molecule has 1 aromatic rings. The van der Waals surface area contributed by atoms with Gasteiger partial charge in [-0.2, -0.15) is 0 Å². The standard InChI is InChI=1S/C22H35NO5/c1-7-10-11-14-22(5,26-6)21(25)23-17-12-13-19(28-16(4)8-2)18(15-17)20(24)27-9-3/h12-13,15-16H,7-11,14H2,1-6H3,(H,23,25)/t16-,22-/m1/s1. The molecule has 158 valence electrons. The van der Waals surface area contributed by atoms with Crippen molar-refractivity contribution >= 4 is 17.6 Å². The summed E-state index contributed by atoms with van der Waals surface area (Å²) in [6.45, 7) is 9.85. The van der Waals surface area contributed by atoms with Gasteiger partial charge in [0.25, 0.3) is 5.91 Å². The quantitative estimate of drug-likeness (QED) is 0.401. The predicted molar refractivity (Wildman–Crippen MR) is 111 cm³/mol. The van der Waals surface area contributed by atoms with Crippen LogP contribution in [0.3, 0.4) is 0 Å². The number of amides is 1. The Morgan fingerprint density at radius 3 is 2.46 bits per heavy atom. The molecule has 28 heavy (non-hydrogen) atoms. The van der Waals surface area contributed by atoms with Gasteiger partial charge >= 0.3 is 5.97 Å². The molecule has 0 radical (unpaired) electrons. The molecule has 1 N–H and O–H groups in total. The van der Waals surface area contributed by atoms with E-state index < -0.39 is 11.6 Å². The Balaban J connectivity index is 3.05. The zero-order chi connectivity index (χ0) is 21.2. The second-order valence-corrected chi connectivity index (χ2v) is 7.11. The molecule has 1 amide bonds. The number of nitrogens with one attached hydrogen (secondary N) is 1. The highest BCUT2D eigenvalue weighted by atomic mass is 16.5. The van der Waals surface area contributed by atoms with Gasteiger partial charge in [-0.1, -0.05) is 33.1 Å². The van der Waals surface area contributed by atoms with Gasteiger partial charge < -0.3 is 19.5 Å². The first-order chi connectivity index (χ1) is 13.3. The Kier molecular flexibility index (Phi) is 10.0. The molecule has 0 aliphatic carbocycles. The highest BCUT2D eigenvalue weighted by Crippen LogP contribution is 2.27. The van der Waals surface area contributed by atoms with E-state index in [1.807, 2.05) is 13.8 Å². The van der Waals surface area contributed by atoms with Gasteiger partial charge in [0.1, 0.15) is 16.9 Å². The first-order valence-electron chi connectivity index (χ1n) is 10.2. The lowest BCUT2D eigenvalue weighted by Gasteiger charge is -2.27. The van der Waals surface area contributed by atoms with E-state index in [-0.39, 0.29) is 18.6 Å². The van der Waals surface area contributed by atoms with Crippen molar-refractivity contribution in [3.8, 4) is 5.75 Å². The van der Waals surface area contributed by atoms with E-state index in [2.05, 4.69) is 12.2 Å². The first-order valence-corrected chi connectivity index (χ1v) is 10.2. The van der Waals surface area contributed by atoms with Gasteiger partial charge in [-0.05, 0) is 51.8 Å². The number of hydrogen-bond acceptors (Lipinski definition) is 5. The van der Waals surface area contributed by atoms with Crippen molar-refractivity contribution in [1.29, 1.82) is 0 Å². The SMILES string of the molecule is CCCCC[C@@](C)(OC)C(=O)Nc1ccc(O[C@H](C)CC)c(C(=O)OCC)c1. The number of benzene rings is 1. The molecule has 1 aromatic carbocycles. The first kappa shape index (κ1) is 24.0. The van der Waals surface area contributed by atoms with Crippen LogP contribution >= 0.6 is 0 Å². The van der Waals surface area contributed by atoms with Crippen molar-refractivity contribution in [1.82, 2.24) is 0 Å².